The molecule has 0 fully saturated rings. The summed E-state index contributed by atoms with van der Waals surface area (Å²) in [6, 6.07) is 5.19. The molecule has 22 heavy (non-hydrogen) atoms. The van der Waals surface area contributed by atoms with Gasteiger partial charge in [0, 0.05) is 32.4 Å². The summed E-state index contributed by atoms with van der Waals surface area (Å²) in [6.45, 7) is 3.65. The van der Waals surface area contributed by atoms with E-state index in [1.807, 2.05) is 19.0 Å². The van der Waals surface area contributed by atoms with Crippen LogP contribution >= 0.6 is 0 Å². The van der Waals surface area contributed by atoms with Gasteiger partial charge in [-0.25, -0.2) is 4.79 Å². The van der Waals surface area contributed by atoms with Gasteiger partial charge in [0.25, 0.3) is 11.8 Å². The molecule has 2 amide bonds. The fraction of sp³-hybridized carbons (Fsp3) is 0.312. The Bertz CT molecular complexity index is 637. The molecular weight excluding hydrogens is 284 g/mol. The largest absolute Gasteiger partial charge is 0.462 e. The monoisotopic (exact) mass is 302 g/mol. The Kier molecular flexibility index (Phi) is 4.60. The summed E-state index contributed by atoms with van der Waals surface area (Å²) in [5.74, 6) is -1.13. The van der Waals surface area contributed by atoms with Crippen LogP contribution in [0.2, 0.25) is 0 Å². The van der Waals surface area contributed by atoms with Crippen molar-refractivity contribution < 1.29 is 19.1 Å². The normalized spacial score (nSPS) is 13.1. The number of esters is 1. The number of benzene rings is 1. The van der Waals surface area contributed by atoms with E-state index >= 15 is 0 Å². The molecule has 1 aliphatic heterocycles. The Morgan fingerprint density at radius 2 is 1.95 bits per heavy atom. The number of imide groups is 1. The molecule has 0 spiro atoms. The highest BCUT2D eigenvalue weighted by Gasteiger charge is 2.35. The van der Waals surface area contributed by atoms with Crippen molar-refractivity contribution in [3.8, 4) is 0 Å². The lowest BCUT2D eigenvalue weighted by molar-refractivity contribution is -0.137. The average molecular weight is 302 g/mol. The summed E-state index contributed by atoms with van der Waals surface area (Å²) in [5.41, 5.74) is 1.69. The maximum atomic E-state index is 12.3. The van der Waals surface area contributed by atoms with Crippen molar-refractivity contribution in [1.29, 1.82) is 0 Å². The Morgan fingerprint density at radius 3 is 2.59 bits per heavy atom. The number of amides is 2. The van der Waals surface area contributed by atoms with Gasteiger partial charge < -0.3 is 9.64 Å². The molecule has 1 heterocycles. The first kappa shape index (κ1) is 15.8. The van der Waals surface area contributed by atoms with Crippen molar-refractivity contribution in [1.82, 2.24) is 4.90 Å². The lowest BCUT2D eigenvalue weighted by Gasteiger charge is -2.13. The maximum Gasteiger partial charge on any atom is 0.330 e. The number of carbonyl (C=O) groups is 3. The van der Waals surface area contributed by atoms with E-state index in [-0.39, 0.29) is 25.0 Å². The van der Waals surface area contributed by atoms with Crippen LogP contribution < -0.4 is 4.90 Å². The van der Waals surface area contributed by atoms with Gasteiger partial charge in [-0.3, -0.25) is 14.5 Å². The summed E-state index contributed by atoms with van der Waals surface area (Å²) in [5, 5.41) is 0. The van der Waals surface area contributed by atoms with Crippen LogP contribution in [-0.2, 0) is 9.53 Å². The molecular formula is C16H18N2O4. The van der Waals surface area contributed by atoms with E-state index in [2.05, 4.69) is 6.58 Å². The Hall–Kier alpha value is -2.63. The second-order valence-electron chi connectivity index (χ2n) is 5.11. The van der Waals surface area contributed by atoms with Crippen molar-refractivity contribution in [2.24, 2.45) is 0 Å². The topological polar surface area (TPSA) is 66.9 Å². The summed E-state index contributed by atoms with van der Waals surface area (Å²) < 4.78 is 4.84. The van der Waals surface area contributed by atoms with E-state index in [1.165, 1.54) is 4.90 Å². The first-order chi connectivity index (χ1) is 10.5. The zero-order chi connectivity index (χ0) is 16.3. The van der Waals surface area contributed by atoms with Crippen LogP contribution in [-0.4, -0.2) is 49.9 Å². The SMILES string of the molecule is C=CC(=O)OCCCN1C(=O)c2ccc(N(C)C)cc2C1=O. The van der Waals surface area contributed by atoms with Gasteiger partial charge in [0.05, 0.1) is 17.7 Å². The molecule has 6 nitrogen and oxygen atoms in total. The number of carbonyl (C=O) groups excluding carboxylic acids is 3. The van der Waals surface area contributed by atoms with Gasteiger partial charge in [0.15, 0.2) is 0 Å². The van der Waals surface area contributed by atoms with Gasteiger partial charge in [-0.15, -0.1) is 0 Å². The smallest absolute Gasteiger partial charge is 0.330 e. The van der Waals surface area contributed by atoms with Gasteiger partial charge in [-0.05, 0) is 24.6 Å². The van der Waals surface area contributed by atoms with Crippen molar-refractivity contribution in [3.63, 3.8) is 0 Å². The molecule has 0 N–H and O–H groups in total. The molecule has 6 heteroatoms. The summed E-state index contributed by atoms with van der Waals surface area (Å²) in [7, 11) is 3.74. The van der Waals surface area contributed by atoms with Crippen LogP contribution in [0.3, 0.4) is 0 Å². The molecule has 0 unspecified atom stereocenters. The molecule has 1 aliphatic rings. The average Bonchev–Trinajstić information content (AvgIpc) is 2.75. The van der Waals surface area contributed by atoms with Crippen molar-refractivity contribution in [3.05, 3.63) is 42.0 Å². The molecule has 1 aromatic rings. The second kappa shape index (κ2) is 6.43. The minimum Gasteiger partial charge on any atom is -0.462 e. The third kappa shape index (κ3) is 3.00. The minimum atomic E-state index is -0.516. The number of nitrogens with zero attached hydrogens (tertiary/aromatic N) is 2. The van der Waals surface area contributed by atoms with Crippen LogP contribution in [0, 0.1) is 0 Å². The third-order valence-electron chi connectivity index (χ3n) is 3.41. The highest BCUT2D eigenvalue weighted by molar-refractivity contribution is 6.21. The molecule has 0 atom stereocenters. The number of anilines is 1. The lowest BCUT2D eigenvalue weighted by atomic mass is 10.1. The first-order valence-corrected chi connectivity index (χ1v) is 6.92. The molecule has 116 valence electrons. The van der Waals surface area contributed by atoms with Crippen molar-refractivity contribution in [2.45, 2.75) is 6.42 Å². The Morgan fingerprint density at radius 1 is 1.27 bits per heavy atom. The van der Waals surface area contributed by atoms with Crippen LogP contribution in [0.25, 0.3) is 0 Å². The first-order valence-electron chi connectivity index (χ1n) is 6.92. The highest BCUT2D eigenvalue weighted by Crippen LogP contribution is 2.26. The fourth-order valence-corrected chi connectivity index (χ4v) is 2.21. The number of hydrogen-bond acceptors (Lipinski definition) is 5. The maximum absolute atomic E-state index is 12.3. The van der Waals surface area contributed by atoms with Gasteiger partial charge in [0.2, 0.25) is 0 Å². The minimum absolute atomic E-state index is 0.140. The van der Waals surface area contributed by atoms with Crippen molar-refractivity contribution in [2.75, 3.05) is 32.1 Å². The second-order valence-corrected chi connectivity index (χ2v) is 5.11. The molecule has 0 radical (unpaired) electrons. The van der Waals surface area contributed by atoms with E-state index in [1.54, 1.807) is 18.2 Å². The summed E-state index contributed by atoms with van der Waals surface area (Å²) >= 11 is 0. The molecule has 0 saturated carbocycles. The lowest BCUT2D eigenvalue weighted by Crippen LogP contribution is -2.31. The van der Waals surface area contributed by atoms with Crippen LogP contribution in [0.5, 0.6) is 0 Å². The van der Waals surface area contributed by atoms with Crippen molar-refractivity contribution >= 4 is 23.5 Å². The molecule has 0 bridgehead atoms. The van der Waals surface area contributed by atoms with Gasteiger partial charge in [0.1, 0.15) is 0 Å². The van der Waals surface area contributed by atoms with Gasteiger partial charge in [-0.2, -0.15) is 0 Å². The van der Waals surface area contributed by atoms with E-state index in [0.717, 1.165) is 11.8 Å². The molecule has 0 aromatic heterocycles. The summed E-state index contributed by atoms with van der Waals surface area (Å²) in [4.78, 5) is 38.5. The Balaban J connectivity index is 2.04. The number of fused-ring (bicyclic) bond motifs is 1. The van der Waals surface area contributed by atoms with E-state index < -0.39 is 5.97 Å². The predicted molar refractivity (Wildman–Crippen MR) is 81.9 cm³/mol. The van der Waals surface area contributed by atoms with Gasteiger partial charge >= 0.3 is 5.97 Å². The van der Waals surface area contributed by atoms with E-state index in [0.29, 0.717) is 17.5 Å². The number of hydrogen-bond donors (Lipinski definition) is 0. The molecule has 0 aliphatic carbocycles. The quantitative estimate of drug-likeness (QED) is 0.344. The van der Waals surface area contributed by atoms with E-state index in [9.17, 15) is 14.4 Å². The summed E-state index contributed by atoms with van der Waals surface area (Å²) in [6.07, 6.45) is 1.47. The van der Waals surface area contributed by atoms with Crippen LogP contribution in [0.4, 0.5) is 5.69 Å². The molecule has 1 aromatic carbocycles. The number of rotatable bonds is 6. The fourth-order valence-electron chi connectivity index (χ4n) is 2.21. The molecule has 2 rings (SSSR count). The number of ether oxygens (including phenoxy) is 1. The van der Waals surface area contributed by atoms with Crippen LogP contribution in [0.1, 0.15) is 27.1 Å². The third-order valence-corrected chi connectivity index (χ3v) is 3.41. The predicted octanol–water partition coefficient (Wildman–Crippen LogP) is 1.47. The van der Waals surface area contributed by atoms with E-state index in [4.69, 9.17) is 4.74 Å². The van der Waals surface area contributed by atoms with Crippen LogP contribution in [0.15, 0.2) is 30.9 Å². The standard InChI is InChI=1S/C16H18N2O4/c1-4-14(19)22-9-5-8-18-15(20)12-7-6-11(17(2)3)10-13(12)16(18)21/h4,6-7,10H,1,5,8-9H2,2-3H3. The Labute approximate surface area is 129 Å². The highest BCUT2D eigenvalue weighted by atomic mass is 16.5. The van der Waals surface area contributed by atoms with Gasteiger partial charge in [-0.1, -0.05) is 6.58 Å². The zero-order valence-corrected chi connectivity index (χ0v) is 12.7. The zero-order valence-electron chi connectivity index (χ0n) is 12.7. The molecule has 0 saturated heterocycles.